The zero-order valence-corrected chi connectivity index (χ0v) is 13.5. The summed E-state index contributed by atoms with van der Waals surface area (Å²) < 4.78 is 0. The van der Waals surface area contributed by atoms with Crippen LogP contribution in [0.1, 0.15) is 18.2 Å². The van der Waals surface area contributed by atoms with Gasteiger partial charge in [0.05, 0.1) is 0 Å². The Hall–Kier alpha value is -0.170. The van der Waals surface area contributed by atoms with E-state index in [1.807, 2.05) is 6.20 Å². The zero-order valence-electron chi connectivity index (χ0n) is 11.0. The standard InChI is InChI=1S/C12H22N4S.BrH/c1-2-5-15-6-8-16(9-7-15)12-14-10-11(17-12)3-4-13;/h10H,2-9,13H2,1H3;1H. The van der Waals surface area contributed by atoms with Crippen LogP contribution >= 0.6 is 28.3 Å². The summed E-state index contributed by atoms with van der Waals surface area (Å²) in [5.74, 6) is 0. The Kier molecular flexibility index (Phi) is 7.14. The van der Waals surface area contributed by atoms with Crippen molar-refractivity contribution in [3.8, 4) is 0 Å². The average Bonchev–Trinajstić information content (AvgIpc) is 2.80. The van der Waals surface area contributed by atoms with Gasteiger partial charge in [-0.05, 0) is 25.9 Å². The number of rotatable bonds is 5. The summed E-state index contributed by atoms with van der Waals surface area (Å²) in [7, 11) is 0. The number of anilines is 1. The number of halogens is 1. The van der Waals surface area contributed by atoms with Crippen molar-refractivity contribution < 1.29 is 0 Å². The Bertz CT molecular complexity index is 337. The second kappa shape index (κ2) is 8.09. The van der Waals surface area contributed by atoms with Crippen LogP contribution in [0.5, 0.6) is 0 Å². The molecular weight excluding hydrogens is 312 g/mol. The number of thiazole rings is 1. The fraction of sp³-hybridized carbons (Fsp3) is 0.750. The summed E-state index contributed by atoms with van der Waals surface area (Å²) in [6, 6.07) is 0. The molecule has 18 heavy (non-hydrogen) atoms. The van der Waals surface area contributed by atoms with Gasteiger partial charge >= 0.3 is 0 Å². The molecule has 0 aromatic carbocycles. The lowest BCUT2D eigenvalue weighted by Gasteiger charge is -2.34. The highest BCUT2D eigenvalue weighted by molar-refractivity contribution is 8.93. The molecule has 0 amide bonds. The van der Waals surface area contributed by atoms with E-state index in [0.717, 1.165) is 19.5 Å². The lowest BCUT2D eigenvalue weighted by Crippen LogP contribution is -2.46. The second-order valence-corrected chi connectivity index (χ2v) is 5.57. The van der Waals surface area contributed by atoms with Gasteiger partial charge in [0.1, 0.15) is 0 Å². The summed E-state index contributed by atoms with van der Waals surface area (Å²) in [5, 5.41) is 1.17. The van der Waals surface area contributed by atoms with Crippen molar-refractivity contribution >= 4 is 33.4 Å². The molecule has 0 radical (unpaired) electrons. The number of hydrogen-bond acceptors (Lipinski definition) is 5. The Morgan fingerprint density at radius 2 is 2.06 bits per heavy atom. The highest BCUT2D eigenvalue weighted by atomic mass is 79.9. The van der Waals surface area contributed by atoms with E-state index in [1.54, 1.807) is 11.3 Å². The van der Waals surface area contributed by atoms with E-state index < -0.39 is 0 Å². The third kappa shape index (κ3) is 4.19. The molecular formula is C12H23BrN4S. The molecule has 4 nitrogen and oxygen atoms in total. The SMILES string of the molecule is Br.CCCN1CCN(c2ncc(CCN)s2)CC1. The molecule has 1 fully saturated rings. The predicted octanol–water partition coefficient (Wildman–Crippen LogP) is 1.75. The molecule has 1 aliphatic rings. The number of hydrogen-bond donors (Lipinski definition) is 1. The topological polar surface area (TPSA) is 45.4 Å². The van der Waals surface area contributed by atoms with Gasteiger partial charge in [-0.15, -0.1) is 28.3 Å². The first-order valence-electron chi connectivity index (χ1n) is 6.45. The first-order valence-corrected chi connectivity index (χ1v) is 7.27. The Labute approximate surface area is 124 Å². The van der Waals surface area contributed by atoms with Crippen LogP contribution in [0.15, 0.2) is 6.20 Å². The molecule has 1 aromatic rings. The first kappa shape index (κ1) is 15.9. The molecule has 0 saturated carbocycles. The lowest BCUT2D eigenvalue weighted by molar-refractivity contribution is 0.258. The number of piperazine rings is 1. The van der Waals surface area contributed by atoms with Crippen LogP contribution in [0.4, 0.5) is 5.13 Å². The summed E-state index contributed by atoms with van der Waals surface area (Å²) in [4.78, 5) is 10.7. The molecule has 2 heterocycles. The molecule has 2 N–H and O–H groups in total. The fourth-order valence-corrected chi connectivity index (χ4v) is 3.16. The van der Waals surface area contributed by atoms with Crippen molar-refractivity contribution in [3.05, 3.63) is 11.1 Å². The summed E-state index contributed by atoms with van der Waals surface area (Å²) >= 11 is 1.79. The fourth-order valence-electron chi connectivity index (χ4n) is 2.18. The highest BCUT2D eigenvalue weighted by Gasteiger charge is 2.18. The van der Waals surface area contributed by atoms with Crippen molar-refractivity contribution in [2.45, 2.75) is 19.8 Å². The Morgan fingerprint density at radius 3 is 2.67 bits per heavy atom. The normalized spacial score (nSPS) is 16.7. The Balaban J connectivity index is 0.00000162. The van der Waals surface area contributed by atoms with Gasteiger partial charge in [-0.3, -0.25) is 4.90 Å². The van der Waals surface area contributed by atoms with E-state index in [4.69, 9.17) is 5.73 Å². The molecule has 6 heteroatoms. The minimum Gasteiger partial charge on any atom is -0.346 e. The lowest BCUT2D eigenvalue weighted by atomic mass is 10.3. The molecule has 104 valence electrons. The average molecular weight is 335 g/mol. The van der Waals surface area contributed by atoms with Crippen molar-refractivity contribution in [3.63, 3.8) is 0 Å². The van der Waals surface area contributed by atoms with Crippen LogP contribution in [0.25, 0.3) is 0 Å². The minimum absolute atomic E-state index is 0. The van der Waals surface area contributed by atoms with E-state index in [1.165, 1.54) is 36.1 Å². The van der Waals surface area contributed by atoms with Crippen LogP contribution < -0.4 is 10.6 Å². The van der Waals surface area contributed by atoms with Crippen molar-refractivity contribution in [1.82, 2.24) is 9.88 Å². The maximum atomic E-state index is 5.56. The smallest absolute Gasteiger partial charge is 0.185 e. The van der Waals surface area contributed by atoms with E-state index in [9.17, 15) is 0 Å². The minimum atomic E-state index is 0. The summed E-state index contributed by atoms with van der Waals surface area (Å²) in [5.41, 5.74) is 5.56. The zero-order chi connectivity index (χ0) is 12.1. The van der Waals surface area contributed by atoms with Crippen LogP contribution in [0.3, 0.4) is 0 Å². The van der Waals surface area contributed by atoms with Gasteiger partial charge in [0, 0.05) is 37.3 Å². The van der Waals surface area contributed by atoms with Gasteiger partial charge in [-0.2, -0.15) is 0 Å². The number of nitrogens with two attached hydrogens (primary N) is 1. The van der Waals surface area contributed by atoms with E-state index in [-0.39, 0.29) is 17.0 Å². The quantitative estimate of drug-likeness (QED) is 0.891. The molecule has 0 bridgehead atoms. The molecule has 0 unspecified atom stereocenters. The van der Waals surface area contributed by atoms with Gasteiger partial charge in [0.25, 0.3) is 0 Å². The van der Waals surface area contributed by atoms with Crippen LogP contribution in [0, 0.1) is 0 Å². The van der Waals surface area contributed by atoms with Gasteiger partial charge in [0.2, 0.25) is 0 Å². The molecule has 1 saturated heterocycles. The predicted molar refractivity (Wildman–Crippen MR) is 84.1 cm³/mol. The van der Waals surface area contributed by atoms with E-state index >= 15 is 0 Å². The Morgan fingerprint density at radius 1 is 1.33 bits per heavy atom. The third-order valence-electron chi connectivity index (χ3n) is 3.11. The third-order valence-corrected chi connectivity index (χ3v) is 4.23. The molecule has 1 aliphatic heterocycles. The van der Waals surface area contributed by atoms with Crippen molar-refractivity contribution in [2.24, 2.45) is 5.73 Å². The molecule has 2 rings (SSSR count). The van der Waals surface area contributed by atoms with Gasteiger partial charge in [-0.1, -0.05) is 6.92 Å². The number of aromatic nitrogens is 1. The molecule has 0 spiro atoms. The second-order valence-electron chi connectivity index (χ2n) is 4.48. The maximum Gasteiger partial charge on any atom is 0.185 e. The summed E-state index contributed by atoms with van der Waals surface area (Å²) in [6.45, 7) is 8.73. The van der Waals surface area contributed by atoms with Gasteiger partial charge in [-0.25, -0.2) is 4.98 Å². The summed E-state index contributed by atoms with van der Waals surface area (Å²) in [6.07, 6.45) is 4.18. The van der Waals surface area contributed by atoms with Crippen LogP contribution in [0.2, 0.25) is 0 Å². The molecule has 0 atom stereocenters. The van der Waals surface area contributed by atoms with E-state index in [2.05, 4.69) is 21.7 Å². The molecule has 0 aliphatic carbocycles. The number of nitrogens with zero attached hydrogens (tertiary/aromatic N) is 3. The van der Waals surface area contributed by atoms with Gasteiger partial charge in [0.15, 0.2) is 5.13 Å². The first-order chi connectivity index (χ1) is 8.33. The molecule has 1 aromatic heterocycles. The van der Waals surface area contributed by atoms with Crippen LogP contribution in [-0.4, -0.2) is 49.2 Å². The van der Waals surface area contributed by atoms with E-state index in [0.29, 0.717) is 6.54 Å². The largest absolute Gasteiger partial charge is 0.346 e. The van der Waals surface area contributed by atoms with Crippen LogP contribution in [-0.2, 0) is 6.42 Å². The van der Waals surface area contributed by atoms with Crippen molar-refractivity contribution in [1.29, 1.82) is 0 Å². The monoisotopic (exact) mass is 334 g/mol. The maximum absolute atomic E-state index is 5.56. The highest BCUT2D eigenvalue weighted by Crippen LogP contribution is 2.23. The van der Waals surface area contributed by atoms with Crippen molar-refractivity contribution in [2.75, 3.05) is 44.2 Å². The van der Waals surface area contributed by atoms with Gasteiger partial charge < -0.3 is 10.6 Å².